The van der Waals surface area contributed by atoms with Gasteiger partial charge in [-0.05, 0) is 25.5 Å². The minimum atomic E-state index is 0.245. The van der Waals surface area contributed by atoms with Crippen molar-refractivity contribution in [1.82, 2.24) is 0 Å². The summed E-state index contributed by atoms with van der Waals surface area (Å²) in [6, 6.07) is 7.77. The SMILES string of the molecule is COCCC(C)Nc1cc(OC)ccc1C#N. The summed E-state index contributed by atoms with van der Waals surface area (Å²) in [5.74, 6) is 0.741. The molecule has 0 spiro atoms. The zero-order chi connectivity index (χ0) is 12.7. The molecule has 0 radical (unpaired) electrons. The molecular formula is C13H18N2O2. The second-order valence-electron chi connectivity index (χ2n) is 3.85. The third kappa shape index (κ3) is 3.97. The van der Waals surface area contributed by atoms with Crippen molar-refractivity contribution in [3.8, 4) is 11.8 Å². The Labute approximate surface area is 102 Å². The van der Waals surface area contributed by atoms with E-state index in [4.69, 9.17) is 14.7 Å². The molecule has 0 aliphatic heterocycles. The van der Waals surface area contributed by atoms with Crippen LogP contribution in [0.5, 0.6) is 5.75 Å². The summed E-state index contributed by atoms with van der Waals surface area (Å²) in [5, 5.41) is 12.3. The van der Waals surface area contributed by atoms with Crippen molar-refractivity contribution in [2.24, 2.45) is 0 Å². The average molecular weight is 234 g/mol. The maximum Gasteiger partial charge on any atom is 0.121 e. The quantitative estimate of drug-likeness (QED) is 0.821. The van der Waals surface area contributed by atoms with Crippen molar-refractivity contribution in [2.75, 3.05) is 26.1 Å². The van der Waals surface area contributed by atoms with E-state index in [9.17, 15) is 0 Å². The highest BCUT2D eigenvalue weighted by Crippen LogP contribution is 2.22. The maximum absolute atomic E-state index is 9.02. The fourth-order valence-corrected chi connectivity index (χ4v) is 1.50. The van der Waals surface area contributed by atoms with E-state index in [-0.39, 0.29) is 6.04 Å². The van der Waals surface area contributed by atoms with E-state index in [0.29, 0.717) is 12.2 Å². The minimum Gasteiger partial charge on any atom is -0.497 e. The predicted molar refractivity (Wildman–Crippen MR) is 67.3 cm³/mol. The normalized spacial score (nSPS) is 11.6. The second-order valence-corrected chi connectivity index (χ2v) is 3.85. The summed E-state index contributed by atoms with van der Waals surface area (Å²) in [6.07, 6.45) is 0.887. The highest BCUT2D eigenvalue weighted by molar-refractivity contribution is 5.60. The first-order valence-corrected chi connectivity index (χ1v) is 5.55. The van der Waals surface area contributed by atoms with Gasteiger partial charge >= 0.3 is 0 Å². The smallest absolute Gasteiger partial charge is 0.121 e. The van der Waals surface area contributed by atoms with Crippen molar-refractivity contribution in [1.29, 1.82) is 5.26 Å². The van der Waals surface area contributed by atoms with Gasteiger partial charge in [0.15, 0.2) is 0 Å². The maximum atomic E-state index is 9.02. The fraction of sp³-hybridized carbons (Fsp3) is 0.462. The molecular weight excluding hydrogens is 216 g/mol. The summed E-state index contributed by atoms with van der Waals surface area (Å²) in [4.78, 5) is 0. The molecule has 0 aliphatic carbocycles. The molecule has 0 aliphatic rings. The van der Waals surface area contributed by atoms with Crippen LogP contribution >= 0.6 is 0 Å². The number of hydrogen-bond acceptors (Lipinski definition) is 4. The number of nitrogens with one attached hydrogen (secondary N) is 1. The fourth-order valence-electron chi connectivity index (χ4n) is 1.50. The van der Waals surface area contributed by atoms with Crippen molar-refractivity contribution in [2.45, 2.75) is 19.4 Å². The van der Waals surface area contributed by atoms with E-state index in [1.165, 1.54) is 0 Å². The Morgan fingerprint density at radius 1 is 1.41 bits per heavy atom. The second kappa shape index (κ2) is 6.77. The van der Waals surface area contributed by atoms with Gasteiger partial charge in [-0.2, -0.15) is 5.26 Å². The molecule has 0 fully saturated rings. The van der Waals surface area contributed by atoms with E-state index in [1.807, 2.05) is 6.07 Å². The largest absolute Gasteiger partial charge is 0.497 e. The molecule has 0 amide bonds. The summed E-state index contributed by atoms with van der Waals surface area (Å²) >= 11 is 0. The molecule has 1 aromatic rings. The highest BCUT2D eigenvalue weighted by atomic mass is 16.5. The molecule has 1 N–H and O–H groups in total. The van der Waals surface area contributed by atoms with E-state index >= 15 is 0 Å². The molecule has 1 atom stereocenters. The van der Waals surface area contributed by atoms with Crippen LogP contribution in [0.1, 0.15) is 18.9 Å². The number of ether oxygens (including phenoxy) is 2. The van der Waals surface area contributed by atoms with E-state index < -0.39 is 0 Å². The molecule has 0 heterocycles. The summed E-state index contributed by atoms with van der Waals surface area (Å²) in [5.41, 5.74) is 1.42. The van der Waals surface area contributed by atoms with Gasteiger partial charge in [-0.15, -0.1) is 0 Å². The summed E-state index contributed by atoms with van der Waals surface area (Å²) in [6.45, 7) is 2.75. The van der Waals surface area contributed by atoms with Crippen LogP contribution in [0.15, 0.2) is 18.2 Å². The van der Waals surface area contributed by atoms with Crippen LogP contribution < -0.4 is 10.1 Å². The van der Waals surface area contributed by atoms with Gasteiger partial charge in [0.1, 0.15) is 11.8 Å². The molecule has 92 valence electrons. The lowest BCUT2D eigenvalue weighted by molar-refractivity contribution is 0.191. The third-order valence-electron chi connectivity index (χ3n) is 2.50. The topological polar surface area (TPSA) is 54.3 Å². The van der Waals surface area contributed by atoms with Gasteiger partial charge in [-0.25, -0.2) is 0 Å². The lowest BCUT2D eigenvalue weighted by Gasteiger charge is -2.16. The van der Waals surface area contributed by atoms with Crippen molar-refractivity contribution in [3.05, 3.63) is 23.8 Å². The van der Waals surface area contributed by atoms with E-state index in [2.05, 4.69) is 18.3 Å². The molecule has 4 heteroatoms. The Bertz CT molecular complexity index is 399. The zero-order valence-corrected chi connectivity index (χ0v) is 10.5. The van der Waals surface area contributed by atoms with Crippen LogP contribution in [0.4, 0.5) is 5.69 Å². The first kappa shape index (κ1) is 13.3. The molecule has 0 aromatic heterocycles. The number of methoxy groups -OCH3 is 2. The number of anilines is 1. The molecule has 1 rings (SSSR count). The molecule has 0 saturated heterocycles. The molecule has 0 saturated carbocycles. The first-order valence-electron chi connectivity index (χ1n) is 5.55. The van der Waals surface area contributed by atoms with Crippen LogP contribution in [0, 0.1) is 11.3 Å². The van der Waals surface area contributed by atoms with Gasteiger partial charge in [0, 0.05) is 25.8 Å². The van der Waals surface area contributed by atoms with Crippen molar-refractivity contribution in [3.63, 3.8) is 0 Å². The number of benzene rings is 1. The van der Waals surface area contributed by atoms with E-state index in [0.717, 1.165) is 17.9 Å². The lowest BCUT2D eigenvalue weighted by atomic mass is 10.1. The van der Waals surface area contributed by atoms with Crippen molar-refractivity contribution < 1.29 is 9.47 Å². The number of hydrogen-bond donors (Lipinski definition) is 1. The number of nitriles is 1. The highest BCUT2D eigenvalue weighted by Gasteiger charge is 2.07. The van der Waals surface area contributed by atoms with Crippen LogP contribution in [0.3, 0.4) is 0 Å². The molecule has 1 aromatic carbocycles. The monoisotopic (exact) mass is 234 g/mol. The third-order valence-corrected chi connectivity index (χ3v) is 2.50. The Morgan fingerprint density at radius 3 is 2.76 bits per heavy atom. The van der Waals surface area contributed by atoms with Crippen LogP contribution in [-0.4, -0.2) is 26.9 Å². The van der Waals surface area contributed by atoms with Gasteiger partial charge in [-0.1, -0.05) is 0 Å². The van der Waals surface area contributed by atoms with Crippen LogP contribution in [-0.2, 0) is 4.74 Å². The number of rotatable bonds is 6. The molecule has 17 heavy (non-hydrogen) atoms. The molecule has 4 nitrogen and oxygen atoms in total. The minimum absolute atomic E-state index is 0.245. The van der Waals surface area contributed by atoms with Gasteiger partial charge in [0.2, 0.25) is 0 Å². The average Bonchev–Trinajstić information content (AvgIpc) is 2.36. The van der Waals surface area contributed by atoms with E-state index in [1.54, 1.807) is 26.4 Å². The van der Waals surface area contributed by atoms with Crippen LogP contribution in [0.2, 0.25) is 0 Å². The lowest BCUT2D eigenvalue weighted by Crippen LogP contribution is -2.17. The first-order chi connectivity index (χ1) is 8.21. The van der Waals surface area contributed by atoms with Gasteiger partial charge < -0.3 is 14.8 Å². The van der Waals surface area contributed by atoms with Gasteiger partial charge in [0.25, 0.3) is 0 Å². The van der Waals surface area contributed by atoms with Crippen molar-refractivity contribution >= 4 is 5.69 Å². The van der Waals surface area contributed by atoms with Gasteiger partial charge in [0.05, 0.1) is 18.4 Å². The number of nitrogens with zero attached hydrogens (tertiary/aromatic N) is 1. The Hall–Kier alpha value is -1.73. The standard InChI is InChI=1S/C13H18N2O2/c1-10(6-7-16-2)15-13-8-12(17-3)5-4-11(13)9-14/h4-5,8,10,15H,6-7H2,1-3H3. The van der Waals surface area contributed by atoms with Gasteiger partial charge in [-0.3, -0.25) is 0 Å². The predicted octanol–water partition coefficient (Wildman–Crippen LogP) is 2.40. The van der Waals surface area contributed by atoms with Crippen LogP contribution in [0.25, 0.3) is 0 Å². The summed E-state index contributed by atoms with van der Waals surface area (Å²) < 4.78 is 10.2. The Balaban J connectivity index is 2.77. The Kier molecular flexibility index (Phi) is 5.31. The Morgan fingerprint density at radius 2 is 2.18 bits per heavy atom. The zero-order valence-electron chi connectivity index (χ0n) is 10.5. The molecule has 0 bridgehead atoms. The molecule has 1 unspecified atom stereocenters. The summed E-state index contributed by atoms with van der Waals surface area (Å²) in [7, 11) is 3.29.